The van der Waals surface area contributed by atoms with Gasteiger partial charge in [-0.25, -0.2) is 4.39 Å². The average Bonchev–Trinajstić information content (AvgIpc) is 2.48. The van der Waals surface area contributed by atoms with E-state index in [9.17, 15) is 4.39 Å². The van der Waals surface area contributed by atoms with Crippen molar-refractivity contribution in [2.45, 2.75) is 12.8 Å². The first-order chi connectivity index (χ1) is 9.72. The van der Waals surface area contributed by atoms with Gasteiger partial charge >= 0.3 is 0 Å². The summed E-state index contributed by atoms with van der Waals surface area (Å²) in [5, 5.41) is 0. The molecule has 2 nitrogen and oxygen atoms in total. The molecule has 0 bridgehead atoms. The highest BCUT2D eigenvalue weighted by molar-refractivity contribution is 5.54. The van der Waals surface area contributed by atoms with Crippen LogP contribution in [0.15, 0.2) is 48.5 Å². The number of nitrogens with zero attached hydrogens (tertiary/aromatic N) is 1. The van der Waals surface area contributed by atoms with Gasteiger partial charge in [-0.15, -0.1) is 0 Å². The maximum atomic E-state index is 13.9. The lowest BCUT2D eigenvalue weighted by Crippen LogP contribution is -2.22. The summed E-state index contributed by atoms with van der Waals surface area (Å²) in [4.78, 5) is 2.10. The van der Waals surface area contributed by atoms with Crippen LogP contribution in [0.1, 0.15) is 11.1 Å². The van der Waals surface area contributed by atoms with Crippen LogP contribution in [-0.2, 0) is 12.8 Å². The molecule has 0 spiro atoms. The number of halogens is 1. The molecule has 2 aromatic carbocycles. The Hall–Kier alpha value is -1.87. The van der Waals surface area contributed by atoms with Gasteiger partial charge in [0.15, 0.2) is 0 Å². The lowest BCUT2D eigenvalue weighted by Gasteiger charge is -2.23. The lowest BCUT2D eigenvalue weighted by molar-refractivity contribution is 0.608. The predicted molar refractivity (Wildman–Crippen MR) is 82.6 cm³/mol. The summed E-state index contributed by atoms with van der Waals surface area (Å²) in [5.41, 5.74) is 8.52. The van der Waals surface area contributed by atoms with Crippen molar-refractivity contribution in [3.05, 3.63) is 65.5 Å². The second kappa shape index (κ2) is 7.06. The summed E-state index contributed by atoms with van der Waals surface area (Å²) in [6.07, 6.45) is 1.51. The van der Waals surface area contributed by atoms with Gasteiger partial charge in [-0.05, 0) is 37.1 Å². The number of benzene rings is 2. The zero-order valence-corrected chi connectivity index (χ0v) is 11.8. The van der Waals surface area contributed by atoms with E-state index in [2.05, 4.69) is 17.0 Å². The number of nitrogens with two attached hydrogens (primary N) is 1. The molecule has 0 unspecified atom stereocenters. The van der Waals surface area contributed by atoms with Crippen LogP contribution in [0.4, 0.5) is 10.1 Å². The van der Waals surface area contributed by atoms with E-state index < -0.39 is 0 Å². The highest BCUT2D eigenvalue weighted by Crippen LogP contribution is 2.23. The van der Waals surface area contributed by atoms with Crippen LogP contribution in [-0.4, -0.2) is 20.1 Å². The van der Waals surface area contributed by atoms with E-state index in [1.807, 2.05) is 31.3 Å². The topological polar surface area (TPSA) is 29.3 Å². The molecular weight excluding hydrogens is 251 g/mol. The molecule has 3 heteroatoms. The predicted octanol–water partition coefficient (Wildman–Crippen LogP) is 3.01. The first-order valence-corrected chi connectivity index (χ1v) is 6.95. The van der Waals surface area contributed by atoms with E-state index in [1.54, 1.807) is 6.07 Å². The molecule has 106 valence electrons. The Morgan fingerprint density at radius 2 is 1.75 bits per heavy atom. The van der Waals surface area contributed by atoms with Gasteiger partial charge in [0.25, 0.3) is 0 Å². The van der Waals surface area contributed by atoms with Crippen molar-refractivity contribution in [1.82, 2.24) is 0 Å². The molecule has 2 rings (SSSR count). The Morgan fingerprint density at radius 1 is 1.00 bits per heavy atom. The molecule has 0 saturated heterocycles. The average molecular weight is 272 g/mol. The molecule has 2 N–H and O–H groups in total. The van der Waals surface area contributed by atoms with Crippen molar-refractivity contribution in [1.29, 1.82) is 0 Å². The van der Waals surface area contributed by atoms with Gasteiger partial charge in [-0.1, -0.05) is 36.4 Å². The zero-order valence-electron chi connectivity index (χ0n) is 11.8. The van der Waals surface area contributed by atoms with Gasteiger partial charge in [-0.2, -0.15) is 0 Å². The zero-order chi connectivity index (χ0) is 14.4. The SMILES string of the molecule is CN(CCc1ccccc1)c1cccc(F)c1CCN. The highest BCUT2D eigenvalue weighted by Gasteiger charge is 2.11. The third-order valence-corrected chi connectivity index (χ3v) is 3.48. The second-order valence-corrected chi connectivity index (χ2v) is 4.93. The van der Waals surface area contributed by atoms with Gasteiger partial charge in [0.05, 0.1) is 0 Å². The molecule has 0 amide bonds. The maximum absolute atomic E-state index is 13.9. The minimum absolute atomic E-state index is 0.167. The molecule has 2 aromatic rings. The minimum Gasteiger partial charge on any atom is -0.374 e. The molecule has 0 heterocycles. The third kappa shape index (κ3) is 3.58. The molecular formula is C17H21FN2. The summed E-state index contributed by atoms with van der Waals surface area (Å²) >= 11 is 0. The number of rotatable bonds is 6. The van der Waals surface area contributed by atoms with Crippen LogP contribution in [0, 0.1) is 5.82 Å². The van der Waals surface area contributed by atoms with Gasteiger partial charge in [-0.3, -0.25) is 0 Å². The molecule has 0 aromatic heterocycles. The van der Waals surface area contributed by atoms with Crippen molar-refractivity contribution in [3.8, 4) is 0 Å². The smallest absolute Gasteiger partial charge is 0.128 e. The third-order valence-electron chi connectivity index (χ3n) is 3.48. The Kier molecular flexibility index (Phi) is 5.13. The fourth-order valence-corrected chi connectivity index (χ4v) is 2.36. The number of likely N-dealkylation sites (N-methyl/N-ethyl adjacent to an activating group) is 1. The fourth-order valence-electron chi connectivity index (χ4n) is 2.36. The Morgan fingerprint density at radius 3 is 2.45 bits per heavy atom. The van der Waals surface area contributed by atoms with Crippen molar-refractivity contribution in [2.75, 3.05) is 25.0 Å². The van der Waals surface area contributed by atoms with Gasteiger partial charge in [0.2, 0.25) is 0 Å². The Bertz CT molecular complexity index is 540. The van der Waals surface area contributed by atoms with E-state index in [0.29, 0.717) is 18.5 Å². The molecule has 0 radical (unpaired) electrons. The fraction of sp³-hybridized carbons (Fsp3) is 0.294. The summed E-state index contributed by atoms with van der Waals surface area (Å²) in [7, 11) is 2.00. The van der Waals surface area contributed by atoms with E-state index in [4.69, 9.17) is 5.73 Å². The van der Waals surface area contributed by atoms with E-state index in [0.717, 1.165) is 18.7 Å². The van der Waals surface area contributed by atoms with Crippen LogP contribution < -0.4 is 10.6 Å². The monoisotopic (exact) mass is 272 g/mol. The lowest BCUT2D eigenvalue weighted by atomic mass is 10.1. The summed E-state index contributed by atoms with van der Waals surface area (Å²) in [6.45, 7) is 1.31. The van der Waals surface area contributed by atoms with E-state index in [-0.39, 0.29) is 5.82 Å². The van der Waals surface area contributed by atoms with Crippen molar-refractivity contribution in [3.63, 3.8) is 0 Å². The Balaban J connectivity index is 2.09. The molecule has 20 heavy (non-hydrogen) atoms. The number of hydrogen-bond acceptors (Lipinski definition) is 2. The van der Waals surface area contributed by atoms with E-state index in [1.165, 1.54) is 11.6 Å². The summed E-state index contributed by atoms with van der Waals surface area (Å²) < 4.78 is 13.9. The molecule has 0 aliphatic rings. The largest absolute Gasteiger partial charge is 0.374 e. The van der Waals surface area contributed by atoms with Gasteiger partial charge in [0, 0.05) is 24.8 Å². The van der Waals surface area contributed by atoms with Crippen molar-refractivity contribution >= 4 is 5.69 Å². The summed E-state index contributed by atoms with van der Waals surface area (Å²) in [6, 6.07) is 15.5. The van der Waals surface area contributed by atoms with Gasteiger partial charge in [0.1, 0.15) is 5.82 Å². The Labute approximate surface area is 120 Å². The van der Waals surface area contributed by atoms with Crippen molar-refractivity contribution in [2.24, 2.45) is 5.73 Å². The van der Waals surface area contributed by atoms with Gasteiger partial charge < -0.3 is 10.6 Å². The quantitative estimate of drug-likeness (QED) is 0.876. The molecule has 0 fully saturated rings. The second-order valence-electron chi connectivity index (χ2n) is 4.93. The van der Waals surface area contributed by atoms with Crippen LogP contribution in [0.2, 0.25) is 0 Å². The molecule has 0 aliphatic heterocycles. The van der Waals surface area contributed by atoms with Crippen LogP contribution in [0.25, 0.3) is 0 Å². The van der Waals surface area contributed by atoms with E-state index >= 15 is 0 Å². The molecule has 0 aliphatic carbocycles. The standard InChI is InChI=1S/C17H21FN2/c1-20(13-11-14-6-3-2-4-7-14)17-9-5-8-16(18)15(17)10-12-19/h2-9H,10-13,19H2,1H3. The van der Waals surface area contributed by atoms with Crippen LogP contribution in [0.3, 0.4) is 0 Å². The first-order valence-electron chi connectivity index (χ1n) is 6.95. The highest BCUT2D eigenvalue weighted by atomic mass is 19.1. The number of anilines is 1. The van der Waals surface area contributed by atoms with Crippen LogP contribution >= 0.6 is 0 Å². The summed E-state index contributed by atoms with van der Waals surface area (Å²) in [5.74, 6) is -0.167. The minimum atomic E-state index is -0.167. The van der Waals surface area contributed by atoms with Crippen LogP contribution in [0.5, 0.6) is 0 Å². The van der Waals surface area contributed by atoms with Crippen molar-refractivity contribution < 1.29 is 4.39 Å². The first kappa shape index (κ1) is 14.5. The molecule has 0 atom stereocenters. The number of hydrogen-bond donors (Lipinski definition) is 1. The molecule has 0 saturated carbocycles. The maximum Gasteiger partial charge on any atom is 0.128 e. The normalized spacial score (nSPS) is 10.6.